The van der Waals surface area contributed by atoms with Crippen molar-refractivity contribution in [3.63, 3.8) is 0 Å². The molecular weight excluding hydrogens is 739 g/mol. The van der Waals surface area contributed by atoms with Crippen LogP contribution in [0.3, 0.4) is 0 Å². The van der Waals surface area contributed by atoms with Gasteiger partial charge in [0.25, 0.3) is 5.69 Å². The fourth-order valence-corrected chi connectivity index (χ4v) is 9.25. The van der Waals surface area contributed by atoms with Crippen LogP contribution in [0.5, 0.6) is 5.75 Å². The number of carbonyl (C=O) groups excluding carboxylic acids is 2. The molecule has 11 heteroatoms. The molecule has 1 saturated carbocycles. The van der Waals surface area contributed by atoms with Gasteiger partial charge in [-0.25, -0.2) is 4.79 Å². The molecule has 0 bridgehead atoms. The first kappa shape index (κ1) is 42.2. The summed E-state index contributed by atoms with van der Waals surface area (Å²) in [5.41, 5.74) is -4.97. The Labute approximate surface area is 338 Å². The summed E-state index contributed by atoms with van der Waals surface area (Å²) < 4.78 is 18.2. The van der Waals surface area contributed by atoms with E-state index in [2.05, 4.69) is 6.58 Å². The van der Waals surface area contributed by atoms with Crippen molar-refractivity contribution in [2.75, 3.05) is 6.61 Å². The summed E-state index contributed by atoms with van der Waals surface area (Å²) in [5.74, 6) is -3.66. The number of nitro groups is 1. The second kappa shape index (κ2) is 15.7. The smallest absolute Gasteiger partial charge is 0.424 e. The Hall–Kier alpha value is -5.46. The van der Waals surface area contributed by atoms with E-state index < -0.39 is 68.5 Å². The highest BCUT2D eigenvalue weighted by molar-refractivity contribution is 6.04. The largest absolute Gasteiger partial charge is 0.514 e. The van der Waals surface area contributed by atoms with Crippen molar-refractivity contribution in [2.24, 2.45) is 23.2 Å². The van der Waals surface area contributed by atoms with Crippen molar-refractivity contribution in [3.05, 3.63) is 166 Å². The highest BCUT2D eigenvalue weighted by atomic mass is 16.7. The number of hydrogen-bond acceptors (Lipinski definition) is 10. The molecule has 3 N–H and O–H groups in total. The number of ether oxygens (including phenoxy) is 3. The van der Waals surface area contributed by atoms with Gasteiger partial charge < -0.3 is 29.5 Å². The molecule has 2 aliphatic carbocycles. The lowest BCUT2D eigenvalue weighted by Crippen LogP contribution is -2.74. The molecule has 11 nitrogen and oxygen atoms in total. The monoisotopic (exact) mass is 789 g/mol. The van der Waals surface area contributed by atoms with Gasteiger partial charge in [0.2, 0.25) is 0 Å². The molecule has 0 saturated heterocycles. The van der Waals surface area contributed by atoms with E-state index in [4.69, 9.17) is 14.2 Å². The number of aliphatic hydroxyl groups excluding tert-OH is 1. The molecule has 1 fully saturated rings. The number of benzene rings is 4. The molecule has 7 atom stereocenters. The minimum atomic E-state index is -2.17. The minimum absolute atomic E-state index is 0.00666. The highest BCUT2D eigenvalue weighted by Gasteiger charge is 2.71. The Bertz CT molecular complexity index is 2090. The Balaban J connectivity index is 1.29. The molecular formula is C47H51NO10. The van der Waals surface area contributed by atoms with E-state index in [0.717, 1.165) is 16.7 Å². The Morgan fingerprint density at radius 2 is 1.33 bits per heavy atom. The van der Waals surface area contributed by atoms with Gasteiger partial charge in [-0.2, -0.15) is 0 Å². The fraction of sp³-hybridized carbons (Fsp3) is 0.362. The number of rotatable bonds is 12. The molecule has 4 aromatic rings. The minimum Gasteiger partial charge on any atom is -0.424 e. The van der Waals surface area contributed by atoms with Gasteiger partial charge in [-0.05, 0) is 59.7 Å². The lowest BCUT2D eigenvalue weighted by molar-refractivity contribution is -0.384. The Morgan fingerprint density at radius 3 is 1.79 bits per heavy atom. The van der Waals surface area contributed by atoms with Crippen LogP contribution in [0.2, 0.25) is 0 Å². The summed E-state index contributed by atoms with van der Waals surface area (Å²) in [7, 11) is 0. The molecule has 0 unspecified atom stereocenters. The third kappa shape index (κ3) is 6.96. The van der Waals surface area contributed by atoms with Gasteiger partial charge in [0, 0.05) is 35.8 Å². The molecule has 4 aromatic carbocycles. The van der Waals surface area contributed by atoms with Crippen LogP contribution in [-0.2, 0) is 19.9 Å². The van der Waals surface area contributed by atoms with Crippen LogP contribution >= 0.6 is 0 Å². The summed E-state index contributed by atoms with van der Waals surface area (Å²) in [6, 6.07) is 34.2. The molecule has 0 spiro atoms. The summed E-state index contributed by atoms with van der Waals surface area (Å²) >= 11 is 0. The normalized spacial score (nSPS) is 28.0. The van der Waals surface area contributed by atoms with Gasteiger partial charge in [0.05, 0.1) is 23.2 Å². The number of carbonyl (C=O) groups is 2. The number of Topliss-reactive ketones (excluding diaryl/α,β-unsaturated/α-hetero) is 1. The van der Waals surface area contributed by atoms with Gasteiger partial charge in [-0.15, -0.1) is 0 Å². The average molecular weight is 790 g/mol. The summed E-state index contributed by atoms with van der Waals surface area (Å²) in [6.07, 6.45) is -1.37. The third-order valence-electron chi connectivity index (χ3n) is 13.1. The SMILES string of the molecule is C=C(COC(c1ccccc1)(c1ccccc1)c1ccccc1)C[C@]1(O)C(=O)C(C)=C[C@H]1[C@@]1(O)[C@H](C)[C@@H](O)[C@@](C)(OC(=O)Oc2ccc([N+](=O)[O-])cc2)C(C)(C)[C@@H]1C. The second-order valence-corrected chi connectivity index (χ2v) is 16.5. The number of non-ortho nitro benzene ring substituents is 1. The zero-order chi connectivity index (χ0) is 42.3. The molecule has 0 amide bonds. The van der Waals surface area contributed by atoms with E-state index in [1.807, 2.05) is 91.0 Å². The number of nitro benzene ring substituents is 1. The number of aliphatic hydroxyl groups is 3. The molecule has 0 aromatic heterocycles. The molecule has 304 valence electrons. The van der Waals surface area contributed by atoms with E-state index in [-0.39, 0.29) is 30.0 Å². The van der Waals surface area contributed by atoms with Crippen molar-refractivity contribution < 1.29 is 44.0 Å². The van der Waals surface area contributed by atoms with Crippen LogP contribution in [0.15, 0.2) is 139 Å². The zero-order valence-electron chi connectivity index (χ0n) is 33.6. The fourth-order valence-electron chi connectivity index (χ4n) is 9.25. The summed E-state index contributed by atoms with van der Waals surface area (Å²) in [4.78, 5) is 37.8. The first-order valence-corrected chi connectivity index (χ1v) is 19.3. The molecule has 6 rings (SSSR count). The Kier molecular flexibility index (Phi) is 11.4. The quantitative estimate of drug-likeness (QED) is 0.0319. The van der Waals surface area contributed by atoms with Gasteiger partial charge in [0.15, 0.2) is 5.78 Å². The average Bonchev–Trinajstić information content (AvgIpc) is 3.44. The standard InChI is InChI=1S/C47H51NO10/c1-30(29-56-47(34-17-11-8-12-18-34,35-19-13-9-14-20-35)36-21-15-10-16-22-36)28-45(52)39(27-31(2)40(45)49)46(53)32(3)41(50)44(7,43(5,6)33(46)4)58-42(51)57-38-25-23-37(24-26-38)48(54)55/h8-27,32-33,39,41,50,52-53H,1,28-29H2,2-7H3/t32-,33+,39-,41-,44-,45-,46-/m1/s1. The van der Waals surface area contributed by atoms with E-state index in [1.165, 1.54) is 24.3 Å². The van der Waals surface area contributed by atoms with Crippen molar-refractivity contribution in [3.8, 4) is 5.75 Å². The second-order valence-electron chi connectivity index (χ2n) is 16.5. The first-order valence-electron chi connectivity index (χ1n) is 19.3. The van der Waals surface area contributed by atoms with E-state index >= 15 is 0 Å². The van der Waals surface area contributed by atoms with Crippen molar-refractivity contribution in [1.82, 2.24) is 0 Å². The predicted octanol–water partition coefficient (Wildman–Crippen LogP) is 8.10. The van der Waals surface area contributed by atoms with Crippen molar-refractivity contribution in [2.45, 2.75) is 76.5 Å². The van der Waals surface area contributed by atoms with E-state index in [9.17, 15) is 35.0 Å². The number of hydrogen-bond donors (Lipinski definition) is 3. The molecule has 0 heterocycles. The van der Waals surface area contributed by atoms with Crippen molar-refractivity contribution in [1.29, 1.82) is 0 Å². The van der Waals surface area contributed by atoms with E-state index in [0.29, 0.717) is 5.57 Å². The maximum Gasteiger partial charge on any atom is 0.514 e. The lowest BCUT2D eigenvalue weighted by Gasteiger charge is -2.63. The maximum absolute atomic E-state index is 14.1. The van der Waals surface area contributed by atoms with Gasteiger partial charge in [-0.1, -0.05) is 131 Å². The van der Waals surface area contributed by atoms with Gasteiger partial charge in [0.1, 0.15) is 22.6 Å². The van der Waals surface area contributed by atoms with Gasteiger partial charge >= 0.3 is 6.16 Å². The third-order valence-corrected chi connectivity index (χ3v) is 13.1. The first-order chi connectivity index (χ1) is 27.3. The van der Waals surface area contributed by atoms with Crippen LogP contribution in [-0.4, -0.2) is 61.7 Å². The lowest BCUT2D eigenvalue weighted by atomic mass is 9.47. The van der Waals surface area contributed by atoms with Crippen LogP contribution < -0.4 is 4.74 Å². The summed E-state index contributed by atoms with van der Waals surface area (Å²) in [6.45, 7) is 14.2. The van der Waals surface area contributed by atoms with Crippen LogP contribution in [0, 0.1) is 33.3 Å². The van der Waals surface area contributed by atoms with Crippen LogP contribution in [0.1, 0.15) is 64.7 Å². The molecule has 2 aliphatic rings. The molecule has 0 aliphatic heterocycles. The van der Waals surface area contributed by atoms with Crippen LogP contribution in [0.4, 0.5) is 10.5 Å². The number of nitrogens with zero attached hydrogens (tertiary/aromatic N) is 1. The molecule has 0 radical (unpaired) electrons. The maximum atomic E-state index is 14.1. The number of ketones is 1. The molecule has 58 heavy (non-hydrogen) atoms. The van der Waals surface area contributed by atoms with E-state index in [1.54, 1.807) is 47.6 Å². The van der Waals surface area contributed by atoms with Crippen molar-refractivity contribution >= 4 is 17.6 Å². The Morgan fingerprint density at radius 1 is 0.845 bits per heavy atom. The highest BCUT2D eigenvalue weighted by Crippen LogP contribution is 2.61. The topological polar surface area (TPSA) is 166 Å². The summed E-state index contributed by atoms with van der Waals surface area (Å²) in [5, 5.41) is 48.7. The zero-order valence-corrected chi connectivity index (χ0v) is 33.6. The predicted molar refractivity (Wildman–Crippen MR) is 218 cm³/mol. The van der Waals surface area contributed by atoms with Crippen LogP contribution in [0.25, 0.3) is 0 Å². The van der Waals surface area contributed by atoms with Gasteiger partial charge in [-0.3, -0.25) is 14.9 Å².